The molecule has 1 aromatic rings. The number of carbonyl (C=O) groups is 2. The lowest BCUT2D eigenvalue weighted by molar-refractivity contribution is -0.141. The summed E-state index contributed by atoms with van der Waals surface area (Å²) in [6, 6.07) is 4.16. The monoisotopic (exact) mass is 299 g/mol. The number of halogens is 1. The van der Waals surface area contributed by atoms with E-state index in [0.717, 1.165) is 5.56 Å². The van der Waals surface area contributed by atoms with E-state index in [-0.39, 0.29) is 6.42 Å². The van der Waals surface area contributed by atoms with Gasteiger partial charge in [-0.15, -0.1) is 0 Å². The van der Waals surface area contributed by atoms with Crippen molar-refractivity contribution in [3.63, 3.8) is 0 Å². The normalized spacial score (nSPS) is 11.9. The Morgan fingerprint density at radius 2 is 2.15 bits per heavy atom. The molecule has 110 valence electrons. The Hall–Kier alpha value is -1.63. The second-order valence-electron chi connectivity index (χ2n) is 4.35. The van der Waals surface area contributed by atoms with Gasteiger partial charge in [0.05, 0.1) is 6.42 Å². The minimum atomic E-state index is -1.09. The number of nitrogens with two attached hydrogens (primary N) is 1. The molecule has 0 aliphatic heterocycles. The van der Waals surface area contributed by atoms with Crippen molar-refractivity contribution in [1.82, 2.24) is 5.32 Å². The highest BCUT2D eigenvalue weighted by atomic mass is 35.5. The number of carboxylic acid groups (broad SMARTS) is 1. The van der Waals surface area contributed by atoms with Gasteiger partial charge < -0.3 is 21.5 Å². The molecule has 1 rings (SSSR count). The molecule has 0 unspecified atom stereocenters. The van der Waals surface area contributed by atoms with Crippen molar-refractivity contribution in [2.75, 3.05) is 18.4 Å². The molecule has 1 amide bonds. The highest BCUT2D eigenvalue weighted by Crippen LogP contribution is 2.20. The number of carboxylic acids is 1. The molecule has 1 atom stereocenters. The summed E-state index contributed by atoms with van der Waals surface area (Å²) in [6.45, 7) is 2.46. The lowest BCUT2D eigenvalue weighted by Crippen LogP contribution is -2.41. The summed E-state index contributed by atoms with van der Waals surface area (Å²) in [6.07, 6.45) is -0.179. The van der Waals surface area contributed by atoms with Gasteiger partial charge in [0.25, 0.3) is 0 Å². The fourth-order valence-corrected chi connectivity index (χ4v) is 1.79. The first-order valence-corrected chi connectivity index (χ1v) is 6.54. The Labute approximate surface area is 122 Å². The standard InChI is InChI=1S/C13H18ClN3O3/c1-8-2-3-9(14)6-10(8)17-12(18)7-11(13(19)20)16-5-4-15/h2-3,6,11,16H,4-5,7,15H2,1H3,(H,17,18)(H,19,20)/t11-/m0/s1. The van der Waals surface area contributed by atoms with Gasteiger partial charge in [-0.05, 0) is 24.6 Å². The zero-order chi connectivity index (χ0) is 15.1. The van der Waals surface area contributed by atoms with Crippen LogP contribution in [0.1, 0.15) is 12.0 Å². The minimum absolute atomic E-state index is 0.179. The van der Waals surface area contributed by atoms with Crippen LogP contribution in [-0.2, 0) is 9.59 Å². The zero-order valence-corrected chi connectivity index (χ0v) is 11.9. The average molecular weight is 300 g/mol. The number of hydrogen-bond acceptors (Lipinski definition) is 4. The van der Waals surface area contributed by atoms with Gasteiger partial charge in [0, 0.05) is 23.8 Å². The fraction of sp³-hybridized carbons (Fsp3) is 0.385. The number of rotatable bonds is 7. The van der Waals surface area contributed by atoms with E-state index in [2.05, 4.69) is 10.6 Å². The number of nitrogens with one attached hydrogen (secondary N) is 2. The molecule has 20 heavy (non-hydrogen) atoms. The summed E-state index contributed by atoms with van der Waals surface area (Å²) >= 11 is 5.85. The molecule has 0 aliphatic carbocycles. The quantitative estimate of drug-likeness (QED) is 0.601. The van der Waals surface area contributed by atoms with Crippen molar-refractivity contribution >= 4 is 29.2 Å². The van der Waals surface area contributed by atoms with Gasteiger partial charge in [0.1, 0.15) is 6.04 Å². The van der Waals surface area contributed by atoms with Crippen LogP contribution in [0.15, 0.2) is 18.2 Å². The van der Waals surface area contributed by atoms with E-state index in [4.69, 9.17) is 22.4 Å². The summed E-state index contributed by atoms with van der Waals surface area (Å²) in [7, 11) is 0. The molecule has 0 saturated carbocycles. The van der Waals surface area contributed by atoms with Gasteiger partial charge in [0.15, 0.2) is 0 Å². The first kappa shape index (κ1) is 16.4. The zero-order valence-electron chi connectivity index (χ0n) is 11.1. The van der Waals surface area contributed by atoms with Crippen LogP contribution in [-0.4, -0.2) is 36.1 Å². The highest BCUT2D eigenvalue weighted by Gasteiger charge is 2.20. The number of carbonyl (C=O) groups excluding carboxylic acids is 1. The van der Waals surface area contributed by atoms with E-state index < -0.39 is 17.9 Å². The number of aryl methyl sites for hydroxylation is 1. The number of amides is 1. The van der Waals surface area contributed by atoms with Crippen molar-refractivity contribution in [2.24, 2.45) is 5.73 Å². The van der Waals surface area contributed by atoms with E-state index in [0.29, 0.717) is 23.8 Å². The Bertz CT molecular complexity index is 494. The number of benzene rings is 1. The van der Waals surface area contributed by atoms with Crippen LogP contribution in [0.5, 0.6) is 0 Å². The number of aliphatic carboxylic acids is 1. The van der Waals surface area contributed by atoms with Gasteiger partial charge in [-0.2, -0.15) is 0 Å². The number of anilines is 1. The van der Waals surface area contributed by atoms with Crippen molar-refractivity contribution in [2.45, 2.75) is 19.4 Å². The van der Waals surface area contributed by atoms with E-state index in [1.165, 1.54) is 0 Å². The predicted molar refractivity (Wildman–Crippen MR) is 77.9 cm³/mol. The van der Waals surface area contributed by atoms with Crippen LogP contribution >= 0.6 is 11.6 Å². The molecule has 0 aromatic heterocycles. The van der Waals surface area contributed by atoms with Gasteiger partial charge >= 0.3 is 5.97 Å². The first-order valence-electron chi connectivity index (χ1n) is 6.16. The van der Waals surface area contributed by atoms with Gasteiger partial charge in [-0.25, -0.2) is 0 Å². The lowest BCUT2D eigenvalue weighted by Gasteiger charge is -2.14. The molecule has 0 fully saturated rings. The van der Waals surface area contributed by atoms with E-state index >= 15 is 0 Å². The Morgan fingerprint density at radius 3 is 2.75 bits per heavy atom. The van der Waals surface area contributed by atoms with Gasteiger partial charge in [-0.1, -0.05) is 17.7 Å². The Morgan fingerprint density at radius 1 is 1.45 bits per heavy atom. The maximum atomic E-state index is 11.9. The molecule has 6 nitrogen and oxygen atoms in total. The minimum Gasteiger partial charge on any atom is -0.480 e. The van der Waals surface area contributed by atoms with Crippen LogP contribution in [0, 0.1) is 6.92 Å². The third kappa shape index (κ3) is 5.16. The van der Waals surface area contributed by atoms with Gasteiger partial charge in [0.2, 0.25) is 5.91 Å². The Balaban J connectivity index is 2.65. The molecule has 0 saturated heterocycles. The molecule has 0 aliphatic rings. The molecular formula is C13H18ClN3O3. The fourth-order valence-electron chi connectivity index (χ4n) is 1.62. The molecule has 0 radical (unpaired) electrons. The summed E-state index contributed by atoms with van der Waals surface area (Å²) < 4.78 is 0. The van der Waals surface area contributed by atoms with Crippen LogP contribution < -0.4 is 16.4 Å². The maximum absolute atomic E-state index is 11.9. The summed E-state index contributed by atoms with van der Waals surface area (Å²) in [5.74, 6) is -1.48. The average Bonchev–Trinajstić information content (AvgIpc) is 2.38. The molecule has 7 heteroatoms. The van der Waals surface area contributed by atoms with Gasteiger partial charge in [-0.3, -0.25) is 9.59 Å². The van der Waals surface area contributed by atoms with Crippen LogP contribution in [0.4, 0.5) is 5.69 Å². The third-order valence-corrected chi connectivity index (χ3v) is 2.93. The van der Waals surface area contributed by atoms with Crippen molar-refractivity contribution in [1.29, 1.82) is 0 Å². The van der Waals surface area contributed by atoms with Crippen molar-refractivity contribution in [3.05, 3.63) is 28.8 Å². The lowest BCUT2D eigenvalue weighted by atomic mass is 10.1. The summed E-state index contributed by atoms with van der Waals surface area (Å²) in [4.78, 5) is 22.9. The SMILES string of the molecule is Cc1ccc(Cl)cc1NC(=O)C[C@H](NCCN)C(=O)O. The highest BCUT2D eigenvalue weighted by molar-refractivity contribution is 6.31. The van der Waals surface area contributed by atoms with Crippen molar-refractivity contribution in [3.8, 4) is 0 Å². The molecule has 0 spiro atoms. The smallest absolute Gasteiger partial charge is 0.321 e. The van der Waals surface area contributed by atoms with E-state index in [1.807, 2.05) is 6.92 Å². The molecule has 0 heterocycles. The van der Waals surface area contributed by atoms with E-state index in [1.54, 1.807) is 18.2 Å². The van der Waals surface area contributed by atoms with Crippen LogP contribution in [0.3, 0.4) is 0 Å². The Kier molecular flexibility index (Phi) is 6.44. The van der Waals surface area contributed by atoms with Crippen LogP contribution in [0.2, 0.25) is 5.02 Å². The largest absolute Gasteiger partial charge is 0.480 e. The van der Waals surface area contributed by atoms with Crippen molar-refractivity contribution < 1.29 is 14.7 Å². The van der Waals surface area contributed by atoms with Crippen LogP contribution in [0.25, 0.3) is 0 Å². The second kappa shape index (κ2) is 7.84. The summed E-state index contributed by atoms with van der Waals surface area (Å²) in [5.41, 5.74) is 6.72. The van der Waals surface area contributed by atoms with E-state index in [9.17, 15) is 9.59 Å². The molecule has 0 bridgehead atoms. The third-order valence-electron chi connectivity index (χ3n) is 2.70. The molecular weight excluding hydrogens is 282 g/mol. The predicted octanol–water partition coefficient (Wildman–Crippen LogP) is 0.979. The number of hydrogen-bond donors (Lipinski definition) is 4. The second-order valence-corrected chi connectivity index (χ2v) is 4.78. The summed E-state index contributed by atoms with van der Waals surface area (Å²) in [5, 5.41) is 14.9. The first-order chi connectivity index (χ1) is 9.43. The topological polar surface area (TPSA) is 104 Å². The molecule has 5 N–H and O–H groups in total. The molecule has 1 aromatic carbocycles. The maximum Gasteiger partial charge on any atom is 0.321 e.